The Hall–Kier alpha value is -1.85. The normalized spacial score (nSPS) is 32.6. The van der Waals surface area contributed by atoms with E-state index in [1.165, 1.54) is 19.3 Å². The first kappa shape index (κ1) is 17.3. The second kappa shape index (κ2) is 6.35. The summed E-state index contributed by atoms with van der Waals surface area (Å²) in [6.45, 7) is 2.15. The van der Waals surface area contributed by atoms with Crippen molar-refractivity contribution in [3.05, 3.63) is 41.1 Å². The highest BCUT2D eigenvalue weighted by Crippen LogP contribution is 2.69. The molecule has 2 atom stereocenters. The summed E-state index contributed by atoms with van der Waals surface area (Å²) in [6, 6.07) is 9.47. The van der Waals surface area contributed by atoms with Gasteiger partial charge in [0, 0.05) is 29.7 Å². The van der Waals surface area contributed by atoms with E-state index in [-0.39, 0.29) is 5.92 Å². The number of piperidine rings is 1. The fraction of sp³-hybridized carbons (Fsp3) is 0.524. The number of aliphatic carboxylic acids is 1. The van der Waals surface area contributed by atoms with Crippen LogP contribution in [-0.4, -0.2) is 34.2 Å². The number of carboxylic acid groups (broad SMARTS) is 1. The van der Waals surface area contributed by atoms with E-state index < -0.39 is 5.97 Å². The van der Waals surface area contributed by atoms with E-state index >= 15 is 0 Å². The largest absolute Gasteiger partial charge is 0.481 e. The van der Waals surface area contributed by atoms with Gasteiger partial charge in [-0.2, -0.15) is 0 Å². The van der Waals surface area contributed by atoms with Gasteiger partial charge in [-0.1, -0.05) is 28.9 Å². The number of hydrogen-bond acceptors (Lipinski definition) is 4. The van der Waals surface area contributed by atoms with Crippen molar-refractivity contribution < 1.29 is 14.4 Å². The maximum atomic E-state index is 11.7. The van der Waals surface area contributed by atoms with Crippen molar-refractivity contribution >= 4 is 17.6 Å². The lowest BCUT2D eigenvalue weighted by molar-refractivity contribution is -0.177. The van der Waals surface area contributed by atoms with Gasteiger partial charge in [0.15, 0.2) is 5.76 Å². The first-order valence-corrected chi connectivity index (χ1v) is 10.1. The van der Waals surface area contributed by atoms with Gasteiger partial charge in [0.2, 0.25) is 0 Å². The minimum Gasteiger partial charge on any atom is -0.481 e. The molecular weight excluding hydrogens is 364 g/mol. The van der Waals surface area contributed by atoms with Crippen LogP contribution in [0.5, 0.6) is 0 Å². The third-order valence-corrected chi connectivity index (χ3v) is 7.12. The van der Waals surface area contributed by atoms with Gasteiger partial charge < -0.3 is 9.63 Å². The van der Waals surface area contributed by atoms with Crippen molar-refractivity contribution in [2.75, 3.05) is 13.1 Å². The molecule has 0 spiro atoms. The van der Waals surface area contributed by atoms with Gasteiger partial charge >= 0.3 is 5.97 Å². The highest BCUT2D eigenvalue weighted by atomic mass is 35.5. The third-order valence-electron chi connectivity index (χ3n) is 6.89. The summed E-state index contributed by atoms with van der Waals surface area (Å²) in [6.07, 6.45) is 4.74. The van der Waals surface area contributed by atoms with Crippen molar-refractivity contribution in [3.8, 4) is 11.3 Å². The molecule has 6 heteroatoms. The molecule has 27 heavy (non-hydrogen) atoms. The van der Waals surface area contributed by atoms with E-state index in [9.17, 15) is 9.90 Å². The molecule has 1 aliphatic heterocycles. The maximum absolute atomic E-state index is 11.7. The second-order valence-corrected chi connectivity index (χ2v) is 9.13. The van der Waals surface area contributed by atoms with Crippen LogP contribution in [0.4, 0.5) is 0 Å². The number of halogens is 1. The van der Waals surface area contributed by atoms with Gasteiger partial charge in [0.25, 0.3) is 0 Å². The van der Waals surface area contributed by atoms with E-state index in [0.717, 1.165) is 35.9 Å². The Morgan fingerprint density at radius 3 is 2.78 bits per heavy atom. The first-order chi connectivity index (χ1) is 13.0. The lowest BCUT2D eigenvalue weighted by Crippen LogP contribution is -2.60. The Kier molecular flexibility index (Phi) is 4.06. The fourth-order valence-electron chi connectivity index (χ4n) is 5.38. The SMILES string of the molecule is O=C(O)C1CC(C23CC(C2)C3)CN(Cc2cc(-c3cccc(Cl)c3)no2)C1. The smallest absolute Gasteiger partial charge is 0.307 e. The number of aromatic nitrogens is 1. The number of nitrogens with zero attached hydrogens (tertiary/aromatic N) is 2. The number of carboxylic acids is 1. The number of carbonyl (C=O) groups is 1. The van der Waals surface area contributed by atoms with Gasteiger partial charge in [-0.05, 0) is 55.1 Å². The highest BCUT2D eigenvalue weighted by Gasteiger charge is 2.61. The van der Waals surface area contributed by atoms with Crippen LogP contribution >= 0.6 is 11.6 Å². The Labute approximate surface area is 163 Å². The van der Waals surface area contributed by atoms with Crippen LogP contribution in [-0.2, 0) is 11.3 Å². The molecule has 4 fully saturated rings. The molecule has 2 heterocycles. The minimum atomic E-state index is -0.673. The van der Waals surface area contributed by atoms with Gasteiger partial charge in [-0.15, -0.1) is 0 Å². The van der Waals surface area contributed by atoms with E-state index in [4.69, 9.17) is 16.1 Å². The minimum absolute atomic E-state index is 0.284. The predicted molar refractivity (Wildman–Crippen MR) is 101 cm³/mol. The summed E-state index contributed by atoms with van der Waals surface area (Å²) in [4.78, 5) is 13.9. The quantitative estimate of drug-likeness (QED) is 0.828. The lowest BCUT2D eigenvalue weighted by Gasteiger charge is -2.67. The van der Waals surface area contributed by atoms with E-state index in [1.807, 2.05) is 30.3 Å². The Morgan fingerprint density at radius 2 is 2.11 bits per heavy atom. The topological polar surface area (TPSA) is 66.6 Å². The molecule has 2 unspecified atom stereocenters. The van der Waals surface area contributed by atoms with Crippen molar-refractivity contribution in [1.82, 2.24) is 10.1 Å². The molecule has 3 aliphatic carbocycles. The molecule has 1 aromatic heterocycles. The predicted octanol–water partition coefficient (Wildman–Crippen LogP) is 4.32. The summed E-state index contributed by atoms with van der Waals surface area (Å²) < 4.78 is 5.55. The average Bonchev–Trinajstić information content (AvgIpc) is 3.00. The standard InChI is InChI=1S/C21H23ClN2O3/c22-17-3-1-2-14(5-17)19-6-18(27-23-19)12-24-10-15(20(25)26)4-16(11-24)21-7-13(8-21)9-21/h1-3,5-6,13,15-16H,4,7-12H2,(H,25,26). The van der Waals surface area contributed by atoms with Gasteiger partial charge in [0.05, 0.1) is 12.5 Å². The molecule has 0 amide bonds. The summed E-state index contributed by atoms with van der Waals surface area (Å²) in [5.74, 6) is 1.22. The van der Waals surface area contributed by atoms with Crippen LogP contribution in [0.15, 0.2) is 34.9 Å². The molecule has 4 aliphatic rings. The van der Waals surface area contributed by atoms with Crippen molar-refractivity contribution in [2.45, 2.75) is 32.2 Å². The zero-order chi connectivity index (χ0) is 18.6. The van der Waals surface area contributed by atoms with Crippen molar-refractivity contribution in [2.24, 2.45) is 23.2 Å². The van der Waals surface area contributed by atoms with Crippen LogP contribution < -0.4 is 0 Å². The number of rotatable bonds is 5. The molecule has 6 rings (SSSR count). The second-order valence-electron chi connectivity index (χ2n) is 8.69. The zero-order valence-corrected chi connectivity index (χ0v) is 15.9. The number of hydrogen-bond donors (Lipinski definition) is 1. The van der Waals surface area contributed by atoms with Crippen molar-refractivity contribution in [1.29, 1.82) is 0 Å². The first-order valence-electron chi connectivity index (χ1n) is 9.67. The van der Waals surface area contributed by atoms with E-state index in [1.54, 1.807) is 0 Å². The number of likely N-dealkylation sites (tertiary alicyclic amines) is 1. The van der Waals surface area contributed by atoms with E-state index in [2.05, 4.69) is 10.1 Å². The molecule has 142 valence electrons. The highest BCUT2D eigenvalue weighted by molar-refractivity contribution is 6.30. The van der Waals surface area contributed by atoms with Crippen LogP contribution in [0, 0.1) is 23.2 Å². The van der Waals surface area contributed by atoms with Gasteiger partial charge in [-0.3, -0.25) is 9.69 Å². The summed E-state index contributed by atoms with van der Waals surface area (Å²) in [7, 11) is 0. The molecule has 1 aromatic carbocycles. The van der Waals surface area contributed by atoms with Crippen LogP contribution in [0.1, 0.15) is 31.4 Å². The lowest BCUT2D eigenvalue weighted by atomic mass is 9.39. The zero-order valence-electron chi connectivity index (χ0n) is 15.1. The molecular formula is C21H23ClN2O3. The van der Waals surface area contributed by atoms with Crippen LogP contribution in [0.3, 0.4) is 0 Å². The van der Waals surface area contributed by atoms with Gasteiger partial charge in [-0.25, -0.2) is 0 Å². The molecule has 2 bridgehead atoms. The number of benzene rings is 1. The molecule has 0 radical (unpaired) electrons. The van der Waals surface area contributed by atoms with Crippen LogP contribution in [0.25, 0.3) is 11.3 Å². The molecule has 1 N–H and O–H groups in total. The molecule has 3 saturated carbocycles. The summed E-state index contributed by atoms with van der Waals surface area (Å²) in [5, 5.41) is 14.5. The van der Waals surface area contributed by atoms with E-state index in [0.29, 0.717) is 29.4 Å². The monoisotopic (exact) mass is 386 g/mol. The van der Waals surface area contributed by atoms with Crippen molar-refractivity contribution in [3.63, 3.8) is 0 Å². The van der Waals surface area contributed by atoms with Crippen LogP contribution in [0.2, 0.25) is 5.02 Å². The summed E-state index contributed by atoms with van der Waals surface area (Å²) >= 11 is 6.06. The molecule has 2 aromatic rings. The molecule has 1 saturated heterocycles. The van der Waals surface area contributed by atoms with Gasteiger partial charge in [0.1, 0.15) is 5.69 Å². The Morgan fingerprint density at radius 1 is 1.30 bits per heavy atom. The molecule has 5 nitrogen and oxygen atoms in total. The fourth-order valence-corrected chi connectivity index (χ4v) is 5.57. The average molecular weight is 387 g/mol. The Bertz CT molecular complexity index is 863. The Balaban J connectivity index is 1.31. The maximum Gasteiger partial charge on any atom is 0.307 e. The summed E-state index contributed by atoms with van der Waals surface area (Å²) in [5.41, 5.74) is 2.12. The third kappa shape index (κ3) is 3.07.